The number of furan rings is 4. The quantitative estimate of drug-likeness (QED) is 0.0791. The van der Waals surface area contributed by atoms with E-state index in [-0.39, 0.29) is 95.2 Å². The van der Waals surface area contributed by atoms with Gasteiger partial charge in [-0.3, -0.25) is 0 Å². The van der Waals surface area contributed by atoms with Crippen LogP contribution in [0.4, 0.5) is 0 Å². The molecular weight excluding hydrogens is 960 g/mol. The minimum atomic E-state index is -1.28. The monoisotopic (exact) mass is 1010 g/mol. The van der Waals surface area contributed by atoms with E-state index in [1.807, 2.05) is 0 Å². The first-order chi connectivity index (χ1) is 30.0. The Hall–Kier alpha value is -8.86. The molecule has 30 heteroatoms. The van der Waals surface area contributed by atoms with Crippen LogP contribution in [0.25, 0.3) is 0 Å². The first-order valence-corrected chi connectivity index (χ1v) is 16.4. The third-order valence-corrected chi connectivity index (χ3v) is 6.59. The average molecular weight is 1010 g/mol. The van der Waals surface area contributed by atoms with Gasteiger partial charge >= 0.3 is 82.3 Å². The zero-order valence-corrected chi connectivity index (χ0v) is 32.8. The van der Waals surface area contributed by atoms with E-state index in [4.69, 9.17) is 65.1 Å². The number of carboxylic acid groups (broad SMARTS) is 10. The molecule has 6 heterocycles. The van der Waals surface area contributed by atoms with Crippen LogP contribution in [0, 0.1) is 13.3 Å². The van der Waals surface area contributed by atoms with Gasteiger partial charge in [0, 0.05) is 8.03 Å². The van der Waals surface area contributed by atoms with Gasteiger partial charge in [0.15, 0.2) is 18.3 Å². The van der Waals surface area contributed by atoms with Gasteiger partial charge in [-0.25, -0.2) is 47.9 Å². The topological polar surface area (TPSA) is 547 Å². The third-order valence-electron chi connectivity index (χ3n) is 6.59. The summed E-state index contributed by atoms with van der Waals surface area (Å²) in [5.74, 6) is -14.0. The fourth-order valence-corrected chi connectivity index (χ4v) is 3.88. The molecule has 0 bridgehead atoms. The summed E-state index contributed by atoms with van der Waals surface area (Å²) in [6, 6.07) is 9.46. The number of ether oxygens (including phenoxy) is 2. The molecule has 3 atom stereocenters. The molecule has 6 rings (SSSR count). The molecule has 2 saturated heterocycles. The van der Waals surface area contributed by atoms with Gasteiger partial charge in [0.05, 0.1) is 6.26 Å². The van der Waals surface area contributed by atoms with E-state index in [0.29, 0.717) is 13.0 Å². The van der Waals surface area contributed by atoms with E-state index >= 15 is 0 Å². The number of aromatic carboxylic acids is 7. The molecule has 0 radical (unpaired) electrons. The van der Waals surface area contributed by atoms with Gasteiger partial charge < -0.3 is 89.2 Å². The summed E-state index contributed by atoms with van der Waals surface area (Å²) in [6.07, 6.45) is 1.07. The van der Waals surface area contributed by atoms with Crippen molar-refractivity contribution in [1.29, 1.82) is 0 Å². The molecule has 3 unspecified atom stereocenters. The minimum absolute atomic E-state index is 0. The summed E-state index contributed by atoms with van der Waals surface area (Å²) in [5.41, 5.74) is 0. The maximum Gasteiger partial charge on any atom is 0 e. The first-order valence-electron chi connectivity index (χ1n) is 16.4. The number of hydrogen-bond acceptors (Lipinski definition) is 16. The third kappa shape index (κ3) is 30.4. The van der Waals surface area contributed by atoms with E-state index in [0.717, 1.165) is 42.8 Å². The van der Waals surface area contributed by atoms with E-state index in [2.05, 4.69) is 35.7 Å². The summed E-state index contributed by atoms with van der Waals surface area (Å²) in [4.78, 5) is 101. The van der Waals surface area contributed by atoms with Crippen molar-refractivity contribution in [2.24, 2.45) is 0 Å². The van der Waals surface area contributed by atoms with E-state index < -0.39 is 78.0 Å². The average Bonchev–Trinajstić information content (AvgIpc) is 4.11. The molecule has 0 spiro atoms. The van der Waals surface area contributed by atoms with Crippen LogP contribution in [-0.2, 0) is 33.2 Å². The molecule has 0 saturated carbocycles. The van der Waals surface area contributed by atoms with Crippen LogP contribution in [-0.4, -0.2) is 147 Å². The van der Waals surface area contributed by atoms with Crippen LogP contribution in [0.3, 0.4) is 0 Å². The Morgan fingerprint density at radius 1 is 0.429 bits per heavy atom. The Labute approximate surface area is 396 Å². The van der Waals surface area contributed by atoms with Gasteiger partial charge in [-0.2, -0.15) is 0 Å². The SMILES string of the molecule is C.C.C.C.O.O.O=C(O)C1CCC(C(=O)O)O1.O=C(O)C1CCCO1.O=C(O)c1ccc(C(=O)O)o1.O=C(O)c1ccc(C(=O)O)o1.O=C(O)c1ccc(C(=O)O)o1.O=C(O)c1ccco1.[C-]#[O+].[C-]#[O+].[HH]. The van der Waals surface area contributed by atoms with E-state index in [1.165, 1.54) is 18.4 Å². The van der Waals surface area contributed by atoms with Crippen LogP contribution in [0.2, 0.25) is 0 Å². The van der Waals surface area contributed by atoms with Crippen molar-refractivity contribution >= 4 is 59.7 Å². The molecule has 4 aromatic heterocycles. The fraction of sp³-hybridized carbons (Fsp3) is 0.300. The first kappa shape index (κ1) is 78.3. The van der Waals surface area contributed by atoms with Crippen molar-refractivity contribution in [3.05, 3.63) is 108 Å². The second kappa shape index (κ2) is 41.6. The Bertz CT molecular complexity index is 1960. The second-order valence-corrected chi connectivity index (χ2v) is 10.8. The van der Waals surface area contributed by atoms with Gasteiger partial charge in [0.1, 0.15) is 0 Å². The van der Waals surface area contributed by atoms with Crippen LogP contribution in [0.1, 0.15) is 131 Å². The summed E-state index contributed by atoms with van der Waals surface area (Å²) < 4.78 is 42.2. The number of aliphatic carboxylic acids is 3. The molecule has 30 nitrogen and oxygen atoms in total. The van der Waals surface area contributed by atoms with Gasteiger partial charge in [-0.15, -0.1) is 0 Å². The summed E-state index contributed by atoms with van der Waals surface area (Å²) in [7, 11) is 0. The molecular formula is C40H54O30. The van der Waals surface area contributed by atoms with Gasteiger partial charge in [0.25, 0.3) is 0 Å². The number of carbonyl (C=O) groups is 10. The van der Waals surface area contributed by atoms with Crippen molar-refractivity contribution in [3.63, 3.8) is 0 Å². The molecule has 70 heavy (non-hydrogen) atoms. The number of rotatable bonds is 10. The molecule has 14 N–H and O–H groups in total. The van der Waals surface area contributed by atoms with E-state index in [9.17, 15) is 47.9 Å². The Kier molecular flexibility index (Phi) is 46.5. The van der Waals surface area contributed by atoms with Crippen LogP contribution < -0.4 is 0 Å². The van der Waals surface area contributed by atoms with Crippen molar-refractivity contribution in [1.82, 2.24) is 0 Å². The predicted molar refractivity (Wildman–Crippen MR) is 227 cm³/mol. The summed E-state index contributed by atoms with van der Waals surface area (Å²) >= 11 is 0. The van der Waals surface area contributed by atoms with Gasteiger partial charge in [-0.05, 0) is 74.2 Å². The molecule has 394 valence electrons. The maximum atomic E-state index is 10.3. The molecule has 4 aromatic rings. The van der Waals surface area contributed by atoms with Gasteiger partial charge in [0.2, 0.25) is 40.3 Å². The largest absolute Gasteiger partial charge is 0 e. The number of carboxylic acids is 10. The van der Waals surface area contributed by atoms with Crippen LogP contribution in [0.5, 0.6) is 0 Å². The Morgan fingerprint density at radius 3 is 0.800 bits per heavy atom. The fourth-order valence-electron chi connectivity index (χ4n) is 3.88. The summed E-state index contributed by atoms with van der Waals surface area (Å²) in [5, 5.41) is 83.0. The van der Waals surface area contributed by atoms with Crippen LogP contribution in [0.15, 0.2) is 72.5 Å². The predicted octanol–water partition coefficient (Wildman–Crippen LogP) is 4.02. The standard InChI is InChI=1S/C6H8O5.3C6H4O5.C5H8O3.C5H4O3.2CO.4CH4.2H2O.H2/c4*7-5(8)3-1-2-4(11-3)6(9)10;2*6-5(7)4-2-1-3-8-4;2*1-2;;;;;;;/h3-4H,1-2H2,(H,7,8)(H,9,10);3*1-2H,(H,7,8)(H,9,10);4H,1-3H2,(H,6,7);1-3H,(H,6,7);;;4*1H4;2*1H2;1H. The molecule has 2 aliphatic rings. The van der Waals surface area contributed by atoms with Crippen molar-refractivity contribution in [2.75, 3.05) is 6.61 Å². The second-order valence-electron chi connectivity index (χ2n) is 10.8. The molecule has 0 aromatic carbocycles. The Balaban J connectivity index is -0.0000000900. The van der Waals surface area contributed by atoms with Crippen molar-refractivity contribution in [2.45, 2.75) is 73.7 Å². The minimum Gasteiger partial charge on any atom is 0 e. The van der Waals surface area contributed by atoms with Gasteiger partial charge in [-0.1, -0.05) is 29.7 Å². The Morgan fingerprint density at radius 2 is 0.686 bits per heavy atom. The summed E-state index contributed by atoms with van der Waals surface area (Å²) in [6.45, 7) is 9.61. The maximum absolute atomic E-state index is 10.3. The smallest absolute Gasteiger partial charge is 0 e. The normalized spacial score (nSPS) is 13.5. The van der Waals surface area contributed by atoms with E-state index in [1.54, 1.807) is 0 Å². The van der Waals surface area contributed by atoms with Crippen molar-refractivity contribution in [3.8, 4) is 0 Å². The van der Waals surface area contributed by atoms with Crippen LogP contribution >= 0.6 is 0 Å². The zero-order chi connectivity index (χ0) is 49.7. The number of hydrogen-bond donors (Lipinski definition) is 10. The molecule has 2 fully saturated rings. The molecule has 0 aliphatic carbocycles. The molecule has 2 aliphatic heterocycles. The van der Waals surface area contributed by atoms with Crippen molar-refractivity contribution < 1.29 is 148 Å². The molecule has 0 amide bonds. The zero-order valence-electron chi connectivity index (χ0n) is 32.8.